The van der Waals surface area contributed by atoms with E-state index in [1.54, 1.807) is 7.11 Å². The van der Waals surface area contributed by atoms with E-state index in [9.17, 15) is 13.2 Å². The first-order valence-electron chi connectivity index (χ1n) is 10.4. The second-order valence-corrected chi connectivity index (χ2v) is 9.32. The lowest BCUT2D eigenvalue weighted by Gasteiger charge is -2.21. The van der Waals surface area contributed by atoms with Crippen molar-refractivity contribution in [3.05, 3.63) is 53.6 Å². The molecule has 0 unspecified atom stereocenters. The third-order valence-corrected chi connectivity index (χ3v) is 7.28. The number of methoxy groups -OCH3 is 2. The number of sulfonamides is 1. The van der Waals surface area contributed by atoms with Crippen LogP contribution in [0.2, 0.25) is 0 Å². The first-order chi connectivity index (χ1) is 15.0. The second-order valence-electron chi connectivity index (χ2n) is 7.42. The Balaban J connectivity index is 1.71. The molecule has 0 amide bonds. The monoisotopic (exact) mass is 447 g/mol. The van der Waals surface area contributed by atoms with Crippen molar-refractivity contribution in [1.82, 2.24) is 4.31 Å². The van der Waals surface area contributed by atoms with E-state index in [1.165, 1.54) is 29.6 Å². The van der Waals surface area contributed by atoms with E-state index in [0.717, 1.165) is 37.0 Å². The predicted molar refractivity (Wildman–Crippen MR) is 117 cm³/mol. The summed E-state index contributed by atoms with van der Waals surface area (Å²) in [6, 6.07) is 11.9. The Kier molecular flexibility index (Phi) is 7.92. The molecule has 3 rings (SSSR count). The Morgan fingerprint density at radius 3 is 2.23 bits per heavy atom. The standard InChI is InChI=1S/C23H29NO6S/c1-28-20-10-7-18(8-11-20)13-16-30-23(25)19-9-12-21(29-2)22(17-19)31(26,27)24-14-5-3-4-6-15-24/h7-12,17H,3-6,13-16H2,1-2H3. The van der Waals surface area contributed by atoms with Crippen LogP contribution in [-0.2, 0) is 21.2 Å². The molecule has 1 heterocycles. The van der Waals surface area contributed by atoms with Gasteiger partial charge >= 0.3 is 5.97 Å². The minimum atomic E-state index is -3.77. The molecule has 1 saturated heterocycles. The summed E-state index contributed by atoms with van der Waals surface area (Å²) in [4.78, 5) is 12.6. The molecule has 0 bridgehead atoms. The number of ether oxygens (including phenoxy) is 3. The van der Waals surface area contributed by atoms with Crippen molar-refractivity contribution >= 4 is 16.0 Å². The van der Waals surface area contributed by atoms with E-state index in [1.807, 2.05) is 24.3 Å². The fourth-order valence-corrected chi connectivity index (χ4v) is 5.26. The molecule has 8 heteroatoms. The zero-order valence-corrected chi connectivity index (χ0v) is 18.8. The summed E-state index contributed by atoms with van der Waals surface area (Å²) < 4.78 is 43.7. The molecule has 0 N–H and O–H groups in total. The summed E-state index contributed by atoms with van der Waals surface area (Å²) in [6.07, 6.45) is 4.24. The average Bonchev–Trinajstić information content (AvgIpc) is 3.09. The Morgan fingerprint density at radius 2 is 1.61 bits per heavy atom. The third kappa shape index (κ3) is 5.77. The van der Waals surface area contributed by atoms with Gasteiger partial charge in [-0.25, -0.2) is 13.2 Å². The molecule has 0 radical (unpaired) electrons. The van der Waals surface area contributed by atoms with Crippen LogP contribution in [-0.4, -0.2) is 52.6 Å². The summed E-state index contributed by atoms with van der Waals surface area (Å²) in [5.74, 6) is 0.416. The fraction of sp³-hybridized carbons (Fsp3) is 0.435. The van der Waals surface area contributed by atoms with Crippen LogP contribution in [0.5, 0.6) is 11.5 Å². The van der Waals surface area contributed by atoms with Gasteiger partial charge in [0.1, 0.15) is 16.4 Å². The molecular formula is C23H29NO6S. The van der Waals surface area contributed by atoms with E-state index in [0.29, 0.717) is 19.5 Å². The largest absolute Gasteiger partial charge is 0.497 e. The SMILES string of the molecule is COc1ccc(CCOC(=O)c2ccc(OC)c(S(=O)(=O)N3CCCCCC3)c2)cc1. The van der Waals surface area contributed by atoms with Crippen molar-refractivity contribution in [3.63, 3.8) is 0 Å². The van der Waals surface area contributed by atoms with Crippen LogP contribution in [0.3, 0.4) is 0 Å². The molecule has 2 aromatic carbocycles. The Labute approximate surface area is 184 Å². The zero-order chi connectivity index (χ0) is 22.3. The number of esters is 1. The van der Waals surface area contributed by atoms with Gasteiger partial charge in [0.25, 0.3) is 0 Å². The highest BCUT2D eigenvalue weighted by Crippen LogP contribution is 2.29. The van der Waals surface area contributed by atoms with Crippen LogP contribution in [0, 0.1) is 0 Å². The van der Waals surface area contributed by atoms with Crippen molar-refractivity contribution in [2.45, 2.75) is 37.0 Å². The highest BCUT2D eigenvalue weighted by Gasteiger charge is 2.29. The average molecular weight is 448 g/mol. The van der Waals surface area contributed by atoms with Gasteiger partial charge in [-0.2, -0.15) is 4.31 Å². The summed E-state index contributed by atoms with van der Waals surface area (Å²) in [5.41, 5.74) is 1.19. The molecule has 0 aromatic heterocycles. The number of rotatable bonds is 8. The van der Waals surface area contributed by atoms with Crippen molar-refractivity contribution in [3.8, 4) is 11.5 Å². The minimum absolute atomic E-state index is 0.00139. The molecule has 1 aliphatic rings. The van der Waals surface area contributed by atoms with Gasteiger partial charge in [0, 0.05) is 19.5 Å². The van der Waals surface area contributed by atoms with Gasteiger partial charge < -0.3 is 14.2 Å². The Hall–Kier alpha value is -2.58. The molecule has 0 spiro atoms. The van der Waals surface area contributed by atoms with E-state index in [2.05, 4.69) is 0 Å². The molecule has 1 aliphatic heterocycles. The van der Waals surface area contributed by atoms with E-state index < -0.39 is 16.0 Å². The van der Waals surface area contributed by atoms with Gasteiger partial charge in [0.2, 0.25) is 10.0 Å². The maximum absolute atomic E-state index is 13.2. The van der Waals surface area contributed by atoms with Gasteiger partial charge in [-0.05, 0) is 48.7 Å². The number of nitrogens with zero attached hydrogens (tertiary/aromatic N) is 1. The van der Waals surface area contributed by atoms with Crippen LogP contribution in [0.4, 0.5) is 0 Å². The first kappa shape index (κ1) is 23.1. The second kappa shape index (κ2) is 10.6. The van der Waals surface area contributed by atoms with E-state index in [4.69, 9.17) is 14.2 Å². The normalized spacial score (nSPS) is 15.2. The lowest BCUT2D eigenvalue weighted by molar-refractivity contribution is 0.0509. The lowest BCUT2D eigenvalue weighted by atomic mass is 10.1. The van der Waals surface area contributed by atoms with Gasteiger partial charge in [0.15, 0.2) is 0 Å². The molecule has 7 nitrogen and oxygen atoms in total. The van der Waals surface area contributed by atoms with Crippen LogP contribution in [0.15, 0.2) is 47.4 Å². The topological polar surface area (TPSA) is 82.1 Å². The summed E-state index contributed by atoms with van der Waals surface area (Å²) in [6.45, 7) is 1.13. The first-order valence-corrected chi connectivity index (χ1v) is 11.9. The predicted octanol–water partition coefficient (Wildman–Crippen LogP) is 3.67. The number of carbonyl (C=O) groups excluding carboxylic acids is 1. The van der Waals surface area contributed by atoms with Gasteiger partial charge in [-0.15, -0.1) is 0 Å². The van der Waals surface area contributed by atoms with Gasteiger partial charge in [-0.1, -0.05) is 25.0 Å². The Bertz CT molecular complexity index is 980. The minimum Gasteiger partial charge on any atom is -0.497 e. The third-order valence-electron chi connectivity index (χ3n) is 5.37. The quantitative estimate of drug-likeness (QED) is 0.575. The number of carbonyl (C=O) groups is 1. The van der Waals surface area contributed by atoms with E-state index in [-0.39, 0.29) is 22.8 Å². The lowest BCUT2D eigenvalue weighted by Crippen LogP contribution is -2.32. The summed E-state index contributed by atoms with van der Waals surface area (Å²) in [7, 11) is -0.741. The van der Waals surface area contributed by atoms with E-state index >= 15 is 0 Å². The van der Waals surface area contributed by atoms with Crippen LogP contribution >= 0.6 is 0 Å². The van der Waals surface area contributed by atoms with Crippen LogP contribution in [0.1, 0.15) is 41.6 Å². The van der Waals surface area contributed by atoms with Crippen molar-refractivity contribution in [2.24, 2.45) is 0 Å². The highest BCUT2D eigenvalue weighted by atomic mass is 32.2. The summed E-state index contributed by atoms with van der Waals surface area (Å²) in [5, 5.41) is 0. The molecule has 168 valence electrons. The van der Waals surface area contributed by atoms with Gasteiger partial charge in [-0.3, -0.25) is 0 Å². The highest BCUT2D eigenvalue weighted by molar-refractivity contribution is 7.89. The van der Waals surface area contributed by atoms with Crippen molar-refractivity contribution in [1.29, 1.82) is 0 Å². The molecule has 0 saturated carbocycles. The summed E-state index contributed by atoms with van der Waals surface area (Å²) >= 11 is 0. The number of hydrogen-bond donors (Lipinski definition) is 0. The zero-order valence-electron chi connectivity index (χ0n) is 18.0. The molecule has 31 heavy (non-hydrogen) atoms. The fourth-order valence-electron chi connectivity index (χ4n) is 3.56. The van der Waals surface area contributed by atoms with Crippen molar-refractivity contribution in [2.75, 3.05) is 33.9 Å². The molecular weight excluding hydrogens is 418 g/mol. The molecule has 0 atom stereocenters. The van der Waals surface area contributed by atoms with Gasteiger partial charge in [0.05, 0.1) is 26.4 Å². The molecule has 0 aliphatic carbocycles. The molecule has 1 fully saturated rings. The smallest absolute Gasteiger partial charge is 0.338 e. The van der Waals surface area contributed by atoms with Crippen molar-refractivity contribution < 1.29 is 27.4 Å². The molecule has 2 aromatic rings. The van der Waals surface area contributed by atoms with Crippen LogP contribution < -0.4 is 9.47 Å². The maximum Gasteiger partial charge on any atom is 0.338 e. The number of benzene rings is 2. The maximum atomic E-state index is 13.2. The van der Waals surface area contributed by atoms with Crippen LogP contribution in [0.25, 0.3) is 0 Å². The number of hydrogen-bond acceptors (Lipinski definition) is 6. The Morgan fingerprint density at radius 1 is 0.935 bits per heavy atom.